The number of nitrogens with one attached hydrogen (secondary N) is 1. The van der Waals surface area contributed by atoms with Gasteiger partial charge >= 0.3 is 0 Å². The van der Waals surface area contributed by atoms with Gasteiger partial charge in [-0.1, -0.05) is 24.8 Å². The summed E-state index contributed by atoms with van der Waals surface area (Å²) in [6.45, 7) is 5.83. The SMILES string of the molecule is C=COCCc1c(C)[nH]n(-c2ccccc2)c1=O. The monoisotopic (exact) mass is 244 g/mol. The zero-order chi connectivity index (χ0) is 13.0. The van der Waals surface area contributed by atoms with Gasteiger partial charge in [-0.15, -0.1) is 0 Å². The molecule has 1 aromatic heterocycles. The van der Waals surface area contributed by atoms with Crippen molar-refractivity contribution in [2.75, 3.05) is 6.61 Å². The zero-order valence-corrected chi connectivity index (χ0v) is 10.3. The second-order valence-corrected chi connectivity index (χ2v) is 3.98. The van der Waals surface area contributed by atoms with Crippen LogP contribution in [0.5, 0.6) is 0 Å². The van der Waals surface area contributed by atoms with Crippen molar-refractivity contribution in [3.8, 4) is 5.69 Å². The fraction of sp³-hybridized carbons (Fsp3) is 0.214. The Labute approximate surface area is 106 Å². The molecule has 1 aromatic carbocycles. The van der Waals surface area contributed by atoms with Gasteiger partial charge in [-0.25, -0.2) is 4.68 Å². The first kappa shape index (κ1) is 12.2. The van der Waals surface area contributed by atoms with Crippen molar-refractivity contribution < 1.29 is 4.74 Å². The van der Waals surface area contributed by atoms with Crippen LogP contribution in [0.15, 0.2) is 48.0 Å². The summed E-state index contributed by atoms with van der Waals surface area (Å²) in [5.41, 5.74) is 2.44. The largest absolute Gasteiger partial charge is 0.501 e. The number of aryl methyl sites for hydroxylation is 1. The first-order chi connectivity index (χ1) is 8.74. The van der Waals surface area contributed by atoms with E-state index in [1.807, 2.05) is 37.3 Å². The zero-order valence-electron chi connectivity index (χ0n) is 10.3. The van der Waals surface area contributed by atoms with E-state index in [-0.39, 0.29) is 5.56 Å². The molecular formula is C14H16N2O2. The first-order valence-corrected chi connectivity index (χ1v) is 5.82. The number of ether oxygens (including phenoxy) is 1. The van der Waals surface area contributed by atoms with Crippen molar-refractivity contribution in [1.82, 2.24) is 9.78 Å². The van der Waals surface area contributed by atoms with Crippen LogP contribution in [0, 0.1) is 6.92 Å². The standard InChI is InChI=1S/C14H16N2O2/c1-3-18-10-9-13-11(2)15-16(14(13)17)12-7-5-4-6-8-12/h3-8,15H,1,9-10H2,2H3. The summed E-state index contributed by atoms with van der Waals surface area (Å²) in [4.78, 5) is 12.2. The molecule has 4 heteroatoms. The van der Waals surface area contributed by atoms with Gasteiger partial charge in [-0.2, -0.15) is 0 Å². The number of H-pyrrole nitrogens is 1. The molecule has 0 fully saturated rings. The molecular weight excluding hydrogens is 228 g/mol. The van der Waals surface area contributed by atoms with E-state index >= 15 is 0 Å². The summed E-state index contributed by atoms with van der Waals surface area (Å²) in [5, 5.41) is 3.08. The molecule has 94 valence electrons. The fourth-order valence-electron chi connectivity index (χ4n) is 1.88. The normalized spacial score (nSPS) is 10.3. The minimum atomic E-state index is -0.0219. The van der Waals surface area contributed by atoms with Gasteiger partial charge < -0.3 is 4.74 Å². The number of benzene rings is 1. The predicted octanol–water partition coefficient (Wildman–Crippen LogP) is 2.18. The van der Waals surface area contributed by atoms with Crippen molar-refractivity contribution in [3.05, 3.63) is 64.8 Å². The number of hydrogen-bond donors (Lipinski definition) is 1. The Kier molecular flexibility index (Phi) is 3.67. The summed E-state index contributed by atoms with van der Waals surface area (Å²) < 4.78 is 6.62. The van der Waals surface area contributed by atoms with E-state index in [2.05, 4.69) is 11.7 Å². The molecule has 18 heavy (non-hydrogen) atoms. The second-order valence-electron chi connectivity index (χ2n) is 3.98. The van der Waals surface area contributed by atoms with E-state index in [0.717, 1.165) is 16.9 Å². The summed E-state index contributed by atoms with van der Waals surface area (Å²) in [6.07, 6.45) is 1.96. The lowest BCUT2D eigenvalue weighted by Crippen LogP contribution is -2.18. The molecule has 1 heterocycles. The van der Waals surface area contributed by atoms with Crippen LogP contribution in [0.2, 0.25) is 0 Å². The molecule has 0 aliphatic heterocycles. The van der Waals surface area contributed by atoms with Crippen LogP contribution in [-0.4, -0.2) is 16.4 Å². The molecule has 0 spiro atoms. The van der Waals surface area contributed by atoms with Gasteiger partial charge in [0.05, 0.1) is 18.6 Å². The lowest BCUT2D eigenvalue weighted by molar-refractivity contribution is 0.254. The van der Waals surface area contributed by atoms with Gasteiger partial charge in [0.2, 0.25) is 0 Å². The Morgan fingerprint density at radius 1 is 1.39 bits per heavy atom. The number of rotatable bonds is 5. The Hall–Kier alpha value is -2.23. The molecule has 0 aliphatic rings. The van der Waals surface area contributed by atoms with E-state index in [4.69, 9.17) is 4.74 Å². The maximum absolute atomic E-state index is 12.2. The van der Waals surface area contributed by atoms with Gasteiger partial charge in [0.1, 0.15) is 0 Å². The van der Waals surface area contributed by atoms with Crippen molar-refractivity contribution in [3.63, 3.8) is 0 Å². The van der Waals surface area contributed by atoms with Crippen LogP contribution in [0.1, 0.15) is 11.3 Å². The summed E-state index contributed by atoms with van der Waals surface area (Å²) in [5.74, 6) is 0. The van der Waals surface area contributed by atoms with Crippen molar-refractivity contribution >= 4 is 0 Å². The predicted molar refractivity (Wildman–Crippen MR) is 71.0 cm³/mol. The minimum absolute atomic E-state index is 0.0219. The first-order valence-electron chi connectivity index (χ1n) is 5.82. The quantitative estimate of drug-likeness (QED) is 0.647. The highest BCUT2D eigenvalue weighted by atomic mass is 16.5. The van der Waals surface area contributed by atoms with Crippen LogP contribution in [-0.2, 0) is 11.2 Å². The lowest BCUT2D eigenvalue weighted by atomic mass is 10.2. The molecule has 0 bridgehead atoms. The van der Waals surface area contributed by atoms with E-state index in [1.165, 1.54) is 6.26 Å². The number of aromatic nitrogens is 2. The van der Waals surface area contributed by atoms with Crippen molar-refractivity contribution in [1.29, 1.82) is 0 Å². The molecule has 0 saturated carbocycles. The average molecular weight is 244 g/mol. The van der Waals surface area contributed by atoms with E-state index < -0.39 is 0 Å². The van der Waals surface area contributed by atoms with E-state index in [9.17, 15) is 4.79 Å². The fourth-order valence-corrected chi connectivity index (χ4v) is 1.88. The summed E-state index contributed by atoms with van der Waals surface area (Å²) in [6, 6.07) is 9.50. The van der Waals surface area contributed by atoms with Gasteiger partial charge in [-0.3, -0.25) is 9.89 Å². The van der Waals surface area contributed by atoms with E-state index in [0.29, 0.717) is 13.0 Å². The number of para-hydroxylation sites is 1. The highest BCUT2D eigenvalue weighted by Crippen LogP contribution is 2.07. The molecule has 0 aliphatic carbocycles. The maximum atomic E-state index is 12.2. The van der Waals surface area contributed by atoms with Crippen molar-refractivity contribution in [2.24, 2.45) is 0 Å². The van der Waals surface area contributed by atoms with Crippen molar-refractivity contribution in [2.45, 2.75) is 13.3 Å². The molecule has 4 nitrogen and oxygen atoms in total. The minimum Gasteiger partial charge on any atom is -0.501 e. The molecule has 1 N–H and O–H groups in total. The Morgan fingerprint density at radius 2 is 2.11 bits per heavy atom. The Morgan fingerprint density at radius 3 is 2.78 bits per heavy atom. The molecule has 0 radical (unpaired) electrons. The highest BCUT2D eigenvalue weighted by Gasteiger charge is 2.11. The molecule has 0 amide bonds. The van der Waals surface area contributed by atoms with Crippen LogP contribution in [0.3, 0.4) is 0 Å². The van der Waals surface area contributed by atoms with Crippen LogP contribution in [0.4, 0.5) is 0 Å². The third kappa shape index (κ3) is 2.37. The van der Waals surface area contributed by atoms with Crippen LogP contribution < -0.4 is 5.56 Å². The summed E-state index contributed by atoms with van der Waals surface area (Å²) >= 11 is 0. The third-order valence-electron chi connectivity index (χ3n) is 2.80. The van der Waals surface area contributed by atoms with E-state index in [1.54, 1.807) is 4.68 Å². The van der Waals surface area contributed by atoms with Crippen LogP contribution >= 0.6 is 0 Å². The third-order valence-corrected chi connectivity index (χ3v) is 2.80. The topological polar surface area (TPSA) is 47.0 Å². The smallest absolute Gasteiger partial charge is 0.274 e. The highest BCUT2D eigenvalue weighted by molar-refractivity contribution is 5.32. The van der Waals surface area contributed by atoms with Gasteiger partial charge in [0.25, 0.3) is 5.56 Å². The van der Waals surface area contributed by atoms with Gasteiger partial charge in [-0.05, 0) is 19.1 Å². The number of nitrogens with zero attached hydrogens (tertiary/aromatic N) is 1. The van der Waals surface area contributed by atoms with Gasteiger partial charge in [0, 0.05) is 17.7 Å². The molecule has 0 atom stereocenters. The number of hydrogen-bond acceptors (Lipinski definition) is 2. The number of aromatic amines is 1. The summed E-state index contributed by atoms with van der Waals surface area (Å²) in [7, 11) is 0. The Balaban J connectivity index is 2.32. The molecule has 2 aromatic rings. The second kappa shape index (κ2) is 5.40. The molecule has 0 saturated heterocycles. The average Bonchev–Trinajstić information content (AvgIpc) is 2.68. The van der Waals surface area contributed by atoms with Gasteiger partial charge in [0.15, 0.2) is 0 Å². The molecule has 2 rings (SSSR count). The lowest BCUT2D eigenvalue weighted by Gasteiger charge is -1.99. The Bertz CT molecular complexity index is 582. The van der Waals surface area contributed by atoms with Crippen LogP contribution in [0.25, 0.3) is 5.69 Å². The molecule has 0 unspecified atom stereocenters. The maximum Gasteiger partial charge on any atom is 0.274 e.